The third-order valence-electron chi connectivity index (χ3n) is 2.55. The quantitative estimate of drug-likeness (QED) is 0.597. The van der Waals surface area contributed by atoms with Crippen LogP contribution in [0.5, 0.6) is 0 Å². The van der Waals surface area contributed by atoms with E-state index < -0.39 is 23.6 Å². The number of ketones is 1. The highest BCUT2D eigenvalue weighted by Gasteiger charge is 2.21. The Morgan fingerprint density at radius 1 is 1.30 bits per heavy atom. The number of Topliss-reactive ketones (excluding diaryl/α,β-unsaturated/α-hetero) is 1. The predicted octanol–water partition coefficient (Wildman–Crippen LogP) is 2.06. The molecule has 0 aliphatic carbocycles. The Labute approximate surface area is 143 Å². The minimum Gasteiger partial charge on any atom is -0.444 e. The van der Waals surface area contributed by atoms with Crippen LogP contribution in [0.25, 0.3) is 0 Å². The van der Waals surface area contributed by atoms with Crippen LogP contribution in [0.3, 0.4) is 0 Å². The lowest BCUT2D eigenvalue weighted by Gasteiger charge is -2.21. The molecule has 0 aromatic carbocycles. The van der Waals surface area contributed by atoms with Crippen LogP contribution < -0.4 is 10.6 Å². The molecule has 0 aliphatic rings. The number of nitrogens with one attached hydrogen (secondary N) is 2. The van der Waals surface area contributed by atoms with Gasteiger partial charge < -0.3 is 15.4 Å². The summed E-state index contributed by atoms with van der Waals surface area (Å²) in [6, 6.07) is 4.11. The topological polar surface area (TPSA) is 97.4 Å². The summed E-state index contributed by atoms with van der Waals surface area (Å²) < 4.78 is 5.59. The normalized spacial score (nSPS) is 12.2. The first-order chi connectivity index (χ1) is 10.6. The van der Waals surface area contributed by atoms with E-state index in [2.05, 4.69) is 31.5 Å². The molecule has 0 saturated heterocycles. The maximum Gasteiger partial charge on any atom is 0.408 e. The largest absolute Gasteiger partial charge is 0.444 e. The minimum atomic E-state index is -0.826. The Hall–Kier alpha value is -1.96. The second kappa shape index (κ2) is 8.05. The van der Waals surface area contributed by atoms with Crippen molar-refractivity contribution in [3.63, 3.8) is 0 Å². The molecule has 0 aliphatic heterocycles. The van der Waals surface area contributed by atoms with Crippen molar-refractivity contribution >= 4 is 33.7 Å². The number of hydrogen-bond donors (Lipinski definition) is 2. The van der Waals surface area contributed by atoms with Gasteiger partial charge in [-0.2, -0.15) is 0 Å². The molecule has 1 aromatic rings. The molecule has 126 valence electrons. The molecule has 7 nitrogen and oxygen atoms in total. The summed E-state index contributed by atoms with van der Waals surface area (Å²) in [6.07, 6.45) is -0.694. The fourth-order valence-electron chi connectivity index (χ4n) is 1.52. The average molecular weight is 386 g/mol. The number of amides is 2. The fraction of sp³-hybridized carbons (Fsp3) is 0.467. The third-order valence-corrected chi connectivity index (χ3v) is 2.99. The fourth-order valence-corrected chi connectivity index (χ4v) is 1.87. The number of nitrogens with zero attached hydrogens (tertiary/aromatic N) is 1. The van der Waals surface area contributed by atoms with E-state index in [4.69, 9.17) is 4.74 Å². The van der Waals surface area contributed by atoms with Crippen molar-refractivity contribution in [2.75, 3.05) is 6.54 Å². The lowest BCUT2D eigenvalue weighted by molar-refractivity contribution is -0.122. The molecule has 0 radical (unpaired) electrons. The van der Waals surface area contributed by atoms with Gasteiger partial charge in [0.2, 0.25) is 5.91 Å². The molecule has 0 bridgehead atoms. The predicted molar refractivity (Wildman–Crippen MR) is 88.1 cm³/mol. The molecule has 2 amide bonds. The molecule has 1 atom stereocenters. The van der Waals surface area contributed by atoms with Gasteiger partial charge in [0.25, 0.3) is 0 Å². The molecule has 0 saturated carbocycles. The Balaban J connectivity index is 2.46. The Morgan fingerprint density at radius 3 is 2.52 bits per heavy atom. The van der Waals surface area contributed by atoms with Crippen molar-refractivity contribution < 1.29 is 19.1 Å². The van der Waals surface area contributed by atoms with Gasteiger partial charge in [-0.15, -0.1) is 0 Å². The molecule has 0 unspecified atom stereocenters. The van der Waals surface area contributed by atoms with Crippen LogP contribution in [0.15, 0.2) is 22.8 Å². The van der Waals surface area contributed by atoms with Gasteiger partial charge in [-0.25, -0.2) is 9.78 Å². The molecule has 1 aromatic heterocycles. The highest BCUT2D eigenvalue weighted by atomic mass is 79.9. The molecular weight excluding hydrogens is 366 g/mol. The zero-order valence-electron chi connectivity index (χ0n) is 13.5. The standard InChI is InChI=1S/C15H20BrN3O4/c1-9(18-14(22)23-15(2,3)4)13(21)17-8-11(20)10-6-5-7-12(16)19-10/h5-7,9H,8H2,1-4H3,(H,17,21)(H,18,22)/t9-/m1/s1. The van der Waals surface area contributed by atoms with Crippen molar-refractivity contribution in [3.8, 4) is 0 Å². The maximum atomic E-state index is 11.9. The van der Waals surface area contributed by atoms with Crippen LogP contribution in [-0.4, -0.2) is 41.0 Å². The van der Waals surface area contributed by atoms with E-state index in [1.165, 1.54) is 6.92 Å². The number of aromatic nitrogens is 1. The number of ether oxygens (including phenoxy) is 1. The van der Waals surface area contributed by atoms with Crippen LogP contribution in [0.2, 0.25) is 0 Å². The average Bonchev–Trinajstić information content (AvgIpc) is 2.42. The first-order valence-electron chi connectivity index (χ1n) is 7.01. The molecule has 23 heavy (non-hydrogen) atoms. The van der Waals surface area contributed by atoms with Gasteiger partial charge in [0, 0.05) is 0 Å². The maximum absolute atomic E-state index is 11.9. The van der Waals surface area contributed by atoms with Gasteiger partial charge in [0.15, 0.2) is 5.78 Å². The van der Waals surface area contributed by atoms with Gasteiger partial charge in [0.05, 0.1) is 6.54 Å². The molecule has 2 N–H and O–H groups in total. The molecule has 1 heterocycles. The molecular formula is C15H20BrN3O4. The van der Waals surface area contributed by atoms with E-state index in [1.807, 2.05) is 0 Å². The van der Waals surface area contributed by atoms with Crippen molar-refractivity contribution in [2.45, 2.75) is 39.3 Å². The number of carbonyl (C=O) groups excluding carboxylic acids is 3. The number of carbonyl (C=O) groups is 3. The summed E-state index contributed by atoms with van der Waals surface area (Å²) in [4.78, 5) is 39.4. The molecule has 1 rings (SSSR count). The third kappa shape index (κ3) is 7.23. The lowest BCUT2D eigenvalue weighted by atomic mass is 10.2. The summed E-state index contributed by atoms with van der Waals surface area (Å²) in [7, 11) is 0. The summed E-state index contributed by atoms with van der Waals surface area (Å²) in [5.41, 5.74) is -0.407. The van der Waals surface area contributed by atoms with Crippen LogP contribution in [-0.2, 0) is 9.53 Å². The highest BCUT2D eigenvalue weighted by Crippen LogP contribution is 2.07. The molecule has 8 heteroatoms. The molecule has 0 fully saturated rings. The van der Waals surface area contributed by atoms with Gasteiger partial charge in [0.1, 0.15) is 21.9 Å². The zero-order valence-corrected chi connectivity index (χ0v) is 15.1. The monoisotopic (exact) mass is 385 g/mol. The zero-order chi connectivity index (χ0) is 17.6. The molecule has 0 spiro atoms. The summed E-state index contributed by atoms with van der Waals surface area (Å²) in [5.74, 6) is -0.816. The van der Waals surface area contributed by atoms with Gasteiger partial charge in [-0.05, 0) is 55.8 Å². The number of halogens is 1. The Bertz CT molecular complexity index is 599. The number of pyridine rings is 1. The van der Waals surface area contributed by atoms with Crippen LogP contribution in [0.4, 0.5) is 4.79 Å². The second-order valence-electron chi connectivity index (χ2n) is 5.85. The summed E-state index contributed by atoms with van der Waals surface area (Å²) >= 11 is 3.17. The smallest absolute Gasteiger partial charge is 0.408 e. The first-order valence-corrected chi connectivity index (χ1v) is 7.81. The van der Waals surface area contributed by atoms with E-state index in [1.54, 1.807) is 39.0 Å². The van der Waals surface area contributed by atoms with E-state index in [0.717, 1.165) is 0 Å². The lowest BCUT2D eigenvalue weighted by Crippen LogP contribution is -2.47. The first kappa shape index (κ1) is 19.1. The second-order valence-corrected chi connectivity index (χ2v) is 6.67. The van der Waals surface area contributed by atoms with Crippen molar-refractivity contribution in [2.24, 2.45) is 0 Å². The number of hydrogen-bond acceptors (Lipinski definition) is 5. The van der Waals surface area contributed by atoms with E-state index in [9.17, 15) is 14.4 Å². The minimum absolute atomic E-state index is 0.206. The van der Waals surface area contributed by atoms with E-state index >= 15 is 0 Å². The number of alkyl carbamates (subject to hydrolysis) is 1. The Morgan fingerprint density at radius 2 is 1.96 bits per heavy atom. The van der Waals surface area contributed by atoms with Gasteiger partial charge >= 0.3 is 6.09 Å². The van der Waals surface area contributed by atoms with Crippen LogP contribution >= 0.6 is 15.9 Å². The SMILES string of the molecule is C[C@@H](NC(=O)OC(C)(C)C)C(=O)NCC(=O)c1cccc(Br)n1. The number of rotatable bonds is 5. The van der Waals surface area contributed by atoms with Crippen LogP contribution in [0.1, 0.15) is 38.2 Å². The van der Waals surface area contributed by atoms with E-state index in [0.29, 0.717) is 4.60 Å². The highest BCUT2D eigenvalue weighted by molar-refractivity contribution is 9.10. The summed E-state index contributed by atoms with van der Waals surface area (Å²) in [5, 5.41) is 4.86. The van der Waals surface area contributed by atoms with E-state index in [-0.39, 0.29) is 18.0 Å². The summed E-state index contributed by atoms with van der Waals surface area (Å²) in [6.45, 7) is 6.46. The van der Waals surface area contributed by atoms with Gasteiger partial charge in [-0.1, -0.05) is 6.07 Å². The Kier molecular flexibility index (Phi) is 6.68. The van der Waals surface area contributed by atoms with Crippen molar-refractivity contribution in [1.82, 2.24) is 15.6 Å². The van der Waals surface area contributed by atoms with Gasteiger partial charge in [-0.3, -0.25) is 9.59 Å². The van der Waals surface area contributed by atoms with Crippen LogP contribution in [0, 0.1) is 0 Å². The van der Waals surface area contributed by atoms with Crippen molar-refractivity contribution in [1.29, 1.82) is 0 Å². The van der Waals surface area contributed by atoms with Crippen molar-refractivity contribution in [3.05, 3.63) is 28.5 Å².